The molecule has 1 heterocycles. The van der Waals surface area contributed by atoms with Gasteiger partial charge in [-0.3, -0.25) is 4.79 Å². The summed E-state index contributed by atoms with van der Waals surface area (Å²) in [7, 11) is 0. The first-order valence-electron chi connectivity index (χ1n) is 9.58. The van der Waals surface area contributed by atoms with Crippen LogP contribution in [0, 0.1) is 0 Å². The number of halogens is 1. The first kappa shape index (κ1) is 22.4. The zero-order chi connectivity index (χ0) is 22.2. The molecule has 0 aliphatic rings. The first-order chi connectivity index (χ1) is 15.0. The molecule has 0 atom stereocenters. The van der Waals surface area contributed by atoms with Crippen molar-refractivity contribution in [2.75, 3.05) is 19.8 Å². The molecule has 0 aliphatic heterocycles. The predicted octanol–water partition coefficient (Wildman–Crippen LogP) is 4.30. The molecule has 0 fully saturated rings. The lowest BCUT2D eigenvalue weighted by atomic mass is 10.2. The molecule has 1 aromatic heterocycles. The summed E-state index contributed by atoms with van der Waals surface area (Å²) < 4.78 is 22.1. The molecule has 1 N–H and O–H groups in total. The summed E-state index contributed by atoms with van der Waals surface area (Å²) in [4.78, 5) is 23.8. The maximum absolute atomic E-state index is 12.3. The fourth-order valence-electron chi connectivity index (χ4n) is 2.68. The van der Waals surface area contributed by atoms with Crippen LogP contribution in [0.5, 0.6) is 11.5 Å². The molecule has 1 amide bonds. The van der Waals surface area contributed by atoms with Crippen molar-refractivity contribution in [3.63, 3.8) is 0 Å². The topological polar surface area (TPSA) is 99.4 Å². The van der Waals surface area contributed by atoms with Crippen molar-refractivity contribution in [1.82, 2.24) is 5.43 Å². The van der Waals surface area contributed by atoms with Crippen LogP contribution in [0.25, 0.3) is 11.0 Å². The van der Waals surface area contributed by atoms with E-state index in [1.807, 2.05) is 25.1 Å². The number of carbonyl (C=O) groups excluding carboxylic acids is 2. The fraction of sp³-hybridized carbons (Fsp3) is 0.227. The first-order valence-corrected chi connectivity index (χ1v) is 10.4. The second-order valence-corrected chi connectivity index (χ2v) is 7.05. The minimum atomic E-state index is -0.472. The third-order valence-electron chi connectivity index (χ3n) is 4.03. The van der Waals surface area contributed by atoms with E-state index in [1.165, 1.54) is 6.21 Å². The number of benzene rings is 2. The Morgan fingerprint density at radius 2 is 1.87 bits per heavy atom. The number of esters is 1. The van der Waals surface area contributed by atoms with E-state index in [0.29, 0.717) is 33.7 Å². The molecule has 9 heteroatoms. The molecule has 31 heavy (non-hydrogen) atoms. The summed E-state index contributed by atoms with van der Waals surface area (Å²) in [6, 6.07) is 12.3. The normalized spacial score (nSPS) is 10.9. The fourth-order valence-corrected chi connectivity index (χ4v) is 3.10. The number of hydrogen-bond acceptors (Lipinski definition) is 7. The van der Waals surface area contributed by atoms with Crippen LogP contribution in [0.4, 0.5) is 0 Å². The van der Waals surface area contributed by atoms with E-state index in [9.17, 15) is 9.59 Å². The van der Waals surface area contributed by atoms with Gasteiger partial charge in [-0.15, -0.1) is 0 Å². The maximum atomic E-state index is 12.3. The van der Waals surface area contributed by atoms with Crippen molar-refractivity contribution in [2.24, 2.45) is 5.10 Å². The van der Waals surface area contributed by atoms with E-state index in [0.717, 1.165) is 5.39 Å². The number of ether oxygens (including phenoxy) is 3. The van der Waals surface area contributed by atoms with Gasteiger partial charge in [0.25, 0.3) is 0 Å². The van der Waals surface area contributed by atoms with Crippen molar-refractivity contribution in [1.29, 1.82) is 0 Å². The highest BCUT2D eigenvalue weighted by Crippen LogP contribution is 2.33. The smallest absolute Gasteiger partial charge is 0.344 e. The third-order valence-corrected chi connectivity index (χ3v) is 4.72. The average Bonchev–Trinajstić information content (AvgIpc) is 3.19. The molecule has 0 unspecified atom stereocenters. The summed E-state index contributed by atoms with van der Waals surface area (Å²) in [5.41, 5.74) is 3.70. The highest BCUT2D eigenvalue weighted by molar-refractivity contribution is 9.10. The van der Waals surface area contributed by atoms with Gasteiger partial charge in [-0.2, -0.15) is 5.10 Å². The Labute approximate surface area is 187 Å². The Kier molecular flexibility index (Phi) is 7.66. The standard InChI is InChI=1S/C22H21BrN2O6/c1-3-28-18-10-15(16(23)11-19(18)30-13-21(26)29-4-2)12-24-25-22(27)20-9-14-7-5-6-8-17(14)31-20/h5-12H,3-4,13H2,1-2H3,(H,25,27)/b24-12+. The van der Waals surface area contributed by atoms with E-state index >= 15 is 0 Å². The minimum Gasteiger partial charge on any atom is -0.490 e. The molecule has 3 rings (SSSR count). The molecule has 0 aliphatic carbocycles. The highest BCUT2D eigenvalue weighted by Gasteiger charge is 2.14. The molecular weight excluding hydrogens is 468 g/mol. The van der Waals surface area contributed by atoms with Crippen LogP contribution >= 0.6 is 15.9 Å². The van der Waals surface area contributed by atoms with Crippen molar-refractivity contribution < 1.29 is 28.2 Å². The zero-order valence-electron chi connectivity index (χ0n) is 17.0. The lowest BCUT2D eigenvalue weighted by Crippen LogP contribution is -2.17. The van der Waals surface area contributed by atoms with Gasteiger partial charge in [-0.1, -0.05) is 18.2 Å². The van der Waals surface area contributed by atoms with Gasteiger partial charge in [0.05, 0.1) is 19.4 Å². The van der Waals surface area contributed by atoms with Crippen LogP contribution < -0.4 is 14.9 Å². The van der Waals surface area contributed by atoms with Crippen LogP contribution in [0.2, 0.25) is 0 Å². The number of rotatable bonds is 9. The molecule has 0 saturated carbocycles. The maximum Gasteiger partial charge on any atom is 0.344 e. The lowest BCUT2D eigenvalue weighted by molar-refractivity contribution is -0.145. The Bertz CT molecular complexity index is 1080. The number of fused-ring (bicyclic) bond motifs is 1. The molecule has 0 saturated heterocycles. The van der Waals surface area contributed by atoms with Gasteiger partial charge >= 0.3 is 11.9 Å². The van der Waals surface area contributed by atoms with Crippen LogP contribution in [0.15, 0.2) is 56.5 Å². The van der Waals surface area contributed by atoms with E-state index in [-0.39, 0.29) is 19.0 Å². The van der Waals surface area contributed by atoms with E-state index in [4.69, 9.17) is 18.6 Å². The summed E-state index contributed by atoms with van der Waals surface area (Å²) in [5.74, 6) is 0.0310. The summed E-state index contributed by atoms with van der Waals surface area (Å²) in [6.07, 6.45) is 1.46. The Morgan fingerprint density at radius 1 is 1.10 bits per heavy atom. The Morgan fingerprint density at radius 3 is 2.61 bits per heavy atom. The van der Waals surface area contributed by atoms with Crippen LogP contribution in [-0.4, -0.2) is 37.9 Å². The number of furan rings is 1. The predicted molar refractivity (Wildman–Crippen MR) is 119 cm³/mol. The van der Waals surface area contributed by atoms with E-state index in [1.54, 1.807) is 31.2 Å². The largest absolute Gasteiger partial charge is 0.490 e. The monoisotopic (exact) mass is 488 g/mol. The molecule has 0 spiro atoms. The van der Waals surface area contributed by atoms with Gasteiger partial charge in [0.2, 0.25) is 0 Å². The van der Waals surface area contributed by atoms with Crippen molar-refractivity contribution in [3.8, 4) is 11.5 Å². The number of hydrogen-bond donors (Lipinski definition) is 1. The number of hydrazone groups is 1. The summed E-state index contributed by atoms with van der Waals surface area (Å²) >= 11 is 3.43. The molecule has 162 valence electrons. The quantitative estimate of drug-likeness (QED) is 0.273. The third kappa shape index (κ3) is 5.85. The van der Waals surface area contributed by atoms with Gasteiger partial charge < -0.3 is 18.6 Å². The molecule has 2 aromatic carbocycles. The number of nitrogens with one attached hydrogen (secondary N) is 1. The number of carbonyl (C=O) groups is 2. The number of nitrogens with zero attached hydrogens (tertiary/aromatic N) is 1. The number of para-hydroxylation sites is 1. The van der Waals surface area contributed by atoms with Gasteiger partial charge in [0.15, 0.2) is 23.9 Å². The minimum absolute atomic E-state index is 0.162. The molecule has 3 aromatic rings. The second-order valence-electron chi connectivity index (χ2n) is 6.19. The molecular formula is C22H21BrN2O6. The Balaban J connectivity index is 1.70. The van der Waals surface area contributed by atoms with E-state index in [2.05, 4.69) is 26.5 Å². The van der Waals surface area contributed by atoms with Gasteiger partial charge in [-0.05, 0) is 54.0 Å². The lowest BCUT2D eigenvalue weighted by Gasteiger charge is -2.13. The van der Waals surface area contributed by atoms with Crippen LogP contribution in [0.1, 0.15) is 30.0 Å². The Hall–Kier alpha value is -3.33. The summed E-state index contributed by atoms with van der Waals surface area (Å²) in [6.45, 7) is 4.00. The second kappa shape index (κ2) is 10.6. The van der Waals surface area contributed by atoms with Gasteiger partial charge in [-0.25, -0.2) is 10.2 Å². The molecule has 0 bridgehead atoms. The van der Waals surface area contributed by atoms with Gasteiger partial charge in [0, 0.05) is 15.4 Å². The van der Waals surface area contributed by atoms with Crippen LogP contribution in [0.3, 0.4) is 0 Å². The zero-order valence-corrected chi connectivity index (χ0v) is 18.6. The number of amides is 1. The van der Waals surface area contributed by atoms with Crippen molar-refractivity contribution in [2.45, 2.75) is 13.8 Å². The molecule has 8 nitrogen and oxygen atoms in total. The molecule has 0 radical (unpaired) electrons. The SMILES string of the molecule is CCOC(=O)COc1cc(Br)c(/C=N/NC(=O)c2cc3ccccc3o2)cc1OCC. The van der Waals surface area contributed by atoms with Crippen molar-refractivity contribution in [3.05, 3.63) is 58.3 Å². The van der Waals surface area contributed by atoms with Crippen LogP contribution in [-0.2, 0) is 9.53 Å². The van der Waals surface area contributed by atoms with Crippen molar-refractivity contribution >= 4 is 45.0 Å². The van der Waals surface area contributed by atoms with Gasteiger partial charge in [0.1, 0.15) is 5.58 Å². The average molecular weight is 489 g/mol. The summed E-state index contributed by atoms with van der Waals surface area (Å²) in [5, 5.41) is 4.83. The highest BCUT2D eigenvalue weighted by atomic mass is 79.9. The van der Waals surface area contributed by atoms with E-state index < -0.39 is 11.9 Å².